The van der Waals surface area contributed by atoms with Crippen molar-refractivity contribution in [3.8, 4) is 16.3 Å². The van der Waals surface area contributed by atoms with E-state index in [-0.39, 0.29) is 23.5 Å². The molecule has 6 nitrogen and oxygen atoms in total. The minimum absolute atomic E-state index is 0.00163. The highest BCUT2D eigenvalue weighted by Crippen LogP contribution is 2.51. The second kappa shape index (κ2) is 7.00. The Hall–Kier alpha value is -2.64. The number of aromatic nitrogens is 1. The Labute approximate surface area is 172 Å². The third-order valence-electron chi connectivity index (χ3n) is 6.30. The van der Waals surface area contributed by atoms with E-state index in [1.807, 2.05) is 41.8 Å². The smallest absolute Gasteiger partial charge is 0.292 e. The molecule has 1 N–H and O–H groups in total. The van der Waals surface area contributed by atoms with Gasteiger partial charge in [-0.15, -0.1) is 11.3 Å². The molecule has 0 spiro atoms. The maximum absolute atomic E-state index is 13.0. The van der Waals surface area contributed by atoms with Crippen molar-refractivity contribution in [3.05, 3.63) is 59.2 Å². The van der Waals surface area contributed by atoms with E-state index in [4.69, 9.17) is 9.26 Å². The molecule has 29 heavy (non-hydrogen) atoms. The number of carbonyl (C=O) groups excluding carboxylic acids is 1. The van der Waals surface area contributed by atoms with Gasteiger partial charge in [0.1, 0.15) is 11.4 Å². The first-order chi connectivity index (χ1) is 14.1. The van der Waals surface area contributed by atoms with Crippen molar-refractivity contribution >= 4 is 17.2 Å². The number of rotatable bonds is 4. The van der Waals surface area contributed by atoms with Gasteiger partial charge in [0, 0.05) is 25.1 Å². The van der Waals surface area contributed by atoms with Crippen molar-refractivity contribution in [1.29, 1.82) is 0 Å². The van der Waals surface area contributed by atoms with Crippen LogP contribution in [-0.2, 0) is 5.60 Å². The van der Waals surface area contributed by atoms with Crippen LogP contribution in [0.3, 0.4) is 0 Å². The molecular formula is C22H22N2O4S. The molecule has 3 heterocycles. The molecular weight excluding hydrogens is 388 g/mol. The highest BCUT2D eigenvalue weighted by Gasteiger charge is 2.53. The predicted molar refractivity (Wildman–Crippen MR) is 109 cm³/mol. The highest BCUT2D eigenvalue weighted by atomic mass is 32.1. The number of methoxy groups -OCH3 is 1. The summed E-state index contributed by atoms with van der Waals surface area (Å²) in [7, 11) is 1.62. The van der Waals surface area contributed by atoms with Gasteiger partial charge in [-0.2, -0.15) is 0 Å². The van der Waals surface area contributed by atoms with Crippen molar-refractivity contribution in [2.24, 2.45) is 11.8 Å². The Morgan fingerprint density at radius 2 is 2.21 bits per heavy atom. The summed E-state index contributed by atoms with van der Waals surface area (Å²) in [6.45, 7) is 1.14. The van der Waals surface area contributed by atoms with E-state index in [0.717, 1.165) is 22.6 Å². The number of hydrogen-bond acceptors (Lipinski definition) is 6. The predicted octanol–water partition coefficient (Wildman–Crippen LogP) is 3.78. The lowest BCUT2D eigenvalue weighted by atomic mass is 9.82. The molecule has 5 rings (SSSR count). The number of benzene rings is 1. The molecule has 150 valence electrons. The molecule has 0 bridgehead atoms. The van der Waals surface area contributed by atoms with E-state index in [1.54, 1.807) is 29.4 Å². The number of nitrogens with zero attached hydrogens (tertiary/aromatic N) is 2. The van der Waals surface area contributed by atoms with Gasteiger partial charge in [-0.25, -0.2) is 0 Å². The summed E-state index contributed by atoms with van der Waals surface area (Å²) in [5.41, 5.74) is 0.589. The largest absolute Gasteiger partial charge is 0.497 e. The molecule has 1 aromatic carbocycles. The second-order valence-electron chi connectivity index (χ2n) is 7.83. The van der Waals surface area contributed by atoms with Crippen LogP contribution < -0.4 is 4.74 Å². The van der Waals surface area contributed by atoms with Crippen LogP contribution in [0.15, 0.2) is 52.4 Å². The zero-order chi connectivity index (χ0) is 20.0. The van der Waals surface area contributed by atoms with Crippen molar-refractivity contribution in [1.82, 2.24) is 10.1 Å². The summed E-state index contributed by atoms with van der Waals surface area (Å²) in [6, 6.07) is 13.2. The van der Waals surface area contributed by atoms with Crippen LogP contribution >= 0.6 is 11.3 Å². The molecule has 1 amide bonds. The minimum Gasteiger partial charge on any atom is -0.497 e. The van der Waals surface area contributed by atoms with Gasteiger partial charge in [0.25, 0.3) is 5.91 Å². The van der Waals surface area contributed by atoms with Crippen LogP contribution in [0, 0.1) is 11.8 Å². The van der Waals surface area contributed by atoms with E-state index >= 15 is 0 Å². The molecule has 3 aromatic rings. The molecule has 2 aliphatic rings. The standard InChI is InChI=1S/C22H22N2O4S/c1-27-16-5-2-4-15(10-16)22(26)8-7-14-12-24(13-17(14)22)21(25)19-11-18(23-28-19)20-6-3-9-29-20/h2-6,9-11,14,17,26H,7-8,12-13H2,1H3/t14-,17+,22+/m1/s1. The van der Waals surface area contributed by atoms with Gasteiger partial charge >= 0.3 is 0 Å². The van der Waals surface area contributed by atoms with Crippen LogP contribution in [0.1, 0.15) is 29.0 Å². The number of ether oxygens (including phenoxy) is 1. The summed E-state index contributed by atoms with van der Waals surface area (Å²) in [6.07, 6.45) is 1.58. The Balaban J connectivity index is 1.36. The van der Waals surface area contributed by atoms with Gasteiger partial charge in [0.2, 0.25) is 5.76 Å². The van der Waals surface area contributed by atoms with E-state index in [2.05, 4.69) is 5.16 Å². The zero-order valence-electron chi connectivity index (χ0n) is 16.1. The molecule has 2 fully saturated rings. The van der Waals surface area contributed by atoms with Crippen LogP contribution in [0.4, 0.5) is 0 Å². The lowest BCUT2D eigenvalue weighted by Crippen LogP contribution is -2.36. The lowest BCUT2D eigenvalue weighted by Gasteiger charge is -2.31. The lowest BCUT2D eigenvalue weighted by molar-refractivity contribution is -0.00621. The summed E-state index contributed by atoms with van der Waals surface area (Å²) >= 11 is 1.56. The van der Waals surface area contributed by atoms with Crippen molar-refractivity contribution in [3.63, 3.8) is 0 Å². The topological polar surface area (TPSA) is 75.8 Å². The van der Waals surface area contributed by atoms with E-state index in [9.17, 15) is 9.90 Å². The number of likely N-dealkylation sites (tertiary alicyclic amines) is 1. The van der Waals surface area contributed by atoms with Gasteiger partial charge in [0.05, 0.1) is 17.6 Å². The number of thiophene rings is 1. The first-order valence-corrected chi connectivity index (χ1v) is 10.6. The van der Waals surface area contributed by atoms with Crippen LogP contribution in [0.25, 0.3) is 10.6 Å². The molecule has 0 radical (unpaired) electrons. The number of fused-ring (bicyclic) bond motifs is 1. The Kier molecular flexibility index (Phi) is 4.44. The number of hydrogen-bond donors (Lipinski definition) is 1. The number of aliphatic hydroxyl groups is 1. The van der Waals surface area contributed by atoms with Crippen LogP contribution in [-0.4, -0.2) is 41.3 Å². The monoisotopic (exact) mass is 410 g/mol. The maximum atomic E-state index is 13.0. The van der Waals surface area contributed by atoms with Gasteiger partial charge in [-0.05, 0) is 47.9 Å². The fourth-order valence-electron chi connectivity index (χ4n) is 4.78. The average Bonchev–Trinajstić information content (AvgIpc) is 3.52. The van der Waals surface area contributed by atoms with E-state index in [0.29, 0.717) is 25.2 Å². The Morgan fingerprint density at radius 1 is 1.31 bits per heavy atom. The Morgan fingerprint density at radius 3 is 3.00 bits per heavy atom. The van der Waals surface area contributed by atoms with Crippen molar-refractivity contribution in [2.45, 2.75) is 18.4 Å². The zero-order valence-corrected chi connectivity index (χ0v) is 16.9. The normalized spacial score (nSPS) is 25.9. The van der Waals surface area contributed by atoms with Gasteiger partial charge < -0.3 is 19.3 Å². The van der Waals surface area contributed by atoms with Crippen LogP contribution in [0.2, 0.25) is 0 Å². The molecule has 0 unspecified atom stereocenters. The molecule has 1 aliphatic heterocycles. The summed E-state index contributed by atoms with van der Waals surface area (Å²) < 4.78 is 10.7. The quantitative estimate of drug-likeness (QED) is 0.708. The molecule has 2 aromatic heterocycles. The fourth-order valence-corrected chi connectivity index (χ4v) is 5.46. The maximum Gasteiger partial charge on any atom is 0.292 e. The van der Waals surface area contributed by atoms with Gasteiger partial charge in [0.15, 0.2) is 0 Å². The molecule has 1 saturated heterocycles. The molecule has 7 heteroatoms. The fraction of sp³-hybridized carbons (Fsp3) is 0.364. The van der Waals surface area contributed by atoms with E-state index in [1.165, 1.54) is 0 Å². The number of amides is 1. The SMILES string of the molecule is COc1cccc([C@@]2(O)CC[C@@H]3CN(C(=O)c4cc(-c5cccs5)no4)C[C@@H]32)c1. The summed E-state index contributed by atoms with van der Waals surface area (Å²) in [5, 5.41) is 17.5. The molecule has 1 aliphatic carbocycles. The average molecular weight is 410 g/mol. The minimum atomic E-state index is -0.947. The highest BCUT2D eigenvalue weighted by molar-refractivity contribution is 7.13. The summed E-state index contributed by atoms with van der Waals surface area (Å²) in [5.74, 6) is 1.09. The van der Waals surface area contributed by atoms with Crippen LogP contribution in [0.5, 0.6) is 5.75 Å². The first-order valence-electron chi connectivity index (χ1n) is 9.75. The third kappa shape index (κ3) is 3.05. The van der Waals surface area contributed by atoms with Crippen molar-refractivity contribution in [2.75, 3.05) is 20.2 Å². The van der Waals surface area contributed by atoms with Crippen molar-refractivity contribution < 1.29 is 19.2 Å². The molecule has 1 saturated carbocycles. The second-order valence-corrected chi connectivity index (χ2v) is 8.77. The first kappa shape index (κ1) is 18.4. The van der Waals surface area contributed by atoms with Gasteiger partial charge in [-0.3, -0.25) is 4.79 Å². The van der Waals surface area contributed by atoms with E-state index < -0.39 is 5.60 Å². The third-order valence-corrected chi connectivity index (χ3v) is 7.19. The number of carbonyl (C=O) groups is 1. The van der Waals surface area contributed by atoms with Gasteiger partial charge in [-0.1, -0.05) is 23.4 Å². The molecule has 3 atom stereocenters. The Bertz CT molecular complexity index is 1030. The summed E-state index contributed by atoms with van der Waals surface area (Å²) in [4.78, 5) is 15.8.